The van der Waals surface area contributed by atoms with Gasteiger partial charge in [0.1, 0.15) is 16.1 Å². The van der Waals surface area contributed by atoms with E-state index in [4.69, 9.17) is 14.7 Å². The van der Waals surface area contributed by atoms with Gasteiger partial charge in [0.25, 0.3) is 5.91 Å². The number of hydrogen-bond acceptors (Lipinski definition) is 7. The first-order valence-electron chi connectivity index (χ1n) is 11.5. The Morgan fingerprint density at radius 1 is 0.914 bits per heavy atom. The van der Waals surface area contributed by atoms with Crippen LogP contribution in [0.3, 0.4) is 0 Å². The van der Waals surface area contributed by atoms with Crippen molar-refractivity contribution in [3.8, 4) is 17.0 Å². The van der Waals surface area contributed by atoms with Crippen LogP contribution in [0.25, 0.3) is 32.5 Å². The number of para-hydroxylation sites is 1. The molecule has 6 rings (SSSR count). The number of methoxy groups -OCH3 is 1. The van der Waals surface area contributed by atoms with E-state index in [0.717, 1.165) is 56.5 Å². The quantitative estimate of drug-likeness (QED) is 0.364. The normalized spacial score (nSPS) is 14.0. The number of carbonyl (C=O) groups is 1. The lowest BCUT2D eigenvalue weighted by molar-refractivity contribution is 0.0748. The van der Waals surface area contributed by atoms with Crippen LogP contribution in [0.4, 0.5) is 5.13 Å². The molecule has 0 aliphatic carbocycles. The van der Waals surface area contributed by atoms with Gasteiger partial charge in [0.05, 0.1) is 23.9 Å². The molecule has 0 spiro atoms. The number of ether oxygens (including phenoxy) is 1. The fourth-order valence-corrected chi connectivity index (χ4v) is 5.39. The molecule has 3 aromatic heterocycles. The molecule has 1 amide bonds. The van der Waals surface area contributed by atoms with Crippen molar-refractivity contribution in [2.24, 2.45) is 0 Å². The lowest BCUT2D eigenvalue weighted by atomic mass is 10.0. The Bertz CT molecular complexity index is 1490. The third-order valence-corrected chi connectivity index (χ3v) is 7.36. The molecule has 1 aliphatic heterocycles. The number of hydrogen-bond donors (Lipinski definition) is 0. The molecule has 0 radical (unpaired) electrons. The van der Waals surface area contributed by atoms with Crippen molar-refractivity contribution >= 4 is 43.6 Å². The largest absolute Gasteiger partial charge is 0.497 e. The average molecular weight is 482 g/mol. The fraction of sp³-hybridized carbons (Fsp3) is 0.185. The Morgan fingerprint density at radius 2 is 1.69 bits per heavy atom. The van der Waals surface area contributed by atoms with Crippen LogP contribution in [0, 0.1) is 0 Å². The number of carbonyl (C=O) groups excluding carboxylic acids is 1. The summed E-state index contributed by atoms with van der Waals surface area (Å²) < 4.78 is 5.28. The molecule has 7 nitrogen and oxygen atoms in total. The summed E-state index contributed by atoms with van der Waals surface area (Å²) in [5.41, 5.74) is 4.12. The SMILES string of the molecule is COc1ccc(-c2cc(C(=O)N3CCN(c4nc5cccnc5s4)CC3)c3ccccc3n2)cc1. The third kappa shape index (κ3) is 4.06. The van der Waals surface area contributed by atoms with Crippen LogP contribution in [0.2, 0.25) is 0 Å². The minimum atomic E-state index is 0.0315. The highest BCUT2D eigenvalue weighted by atomic mass is 32.1. The summed E-state index contributed by atoms with van der Waals surface area (Å²) in [5, 5.41) is 1.83. The molecule has 174 valence electrons. The lowest BCUT2D eigenvalue weighted by Gasteiger charge is -2.34. The van der Waals surface area contributed by atoms with Crippen LogP contribution in [0.15, 0.2) is 72.9 Å². The third-order valence-electron chi connectivity index (χ3n) is 6.32. The van der Waals surface area contributed by atoms with E-state index in [1.54, 1.807) is 24.6 Å². The first-order chi connectivity index (χ1) is 17.2. The molecular weight excluding hydrogens is 458 g/mol. The number of piperazine rings is 1. The Balaban J connectivity index is 1.27. The number of pyridine rings is 2. The Kier molecular flexibility index (Phi) is 5.50. The van der Waals surface area contributed by atoms with Crippen molar-refractivity contribution in [2.75, 3.05) is 38.2 Å². The Hall–Kier alpha value is -4.04. The van der Waals surface area contributed by atoms with Crippen LogP contribution in [-0.2, 0) is 0 Å². The van der Waals surface area contributed by atoms with Gasteiger partial charge in [-0.05, 0) is 48.5 Å². The molecule has 5 aromatic rings. The number of fused-ring (bicyclic) bond motifs is 2. The molecule has 2 aromatic carbocycles. The fourth-order valence-electron chi connectivity index (χ4n) is 4.43. The topological polar surface area (TPSA) is 71.5 Å². The molecule has 1 aliphatic rings. The lowest BCUT2D eigenvalue weighted by Crippen LogP contribution is -2.48. The highest BCUT2D eigenvalue weighted by molar-refractivity contribution is 7.21. The molecular formula is C27H23N5O2S. The molecule has 1 fully saturated rings. The van der Waals surface area contributed by atoms with Gasteiger partial charge in [-0.25, -0.2) is 15.0 Å². The second-order valence-electron chi connectivity index (χ2n) is 8.40. The molecule has 4 heterocycles. The monoisotopic (exact) mass is 481 g/mol. The molecule has 8 heteroatoms. The predicted molar refractivity (Wildman–Crippen MR) is 139 cm³/mol. The number of amides is 1. The highest BCUT2D eigenvalue weighted by Gasteiger charge is 2.26. The van der Waals surface area contributed by atoms with Gasteiger partial charge in [0.15, 0.2) is 5.13 Å². The molecule has 0 N–H and O–H groups in total. The zero-order valence-electron chi connectivity index (χ0n) is 19.2. The minimum absolute atomic E-state index is 0.0315. The second-order valence-corrected chi connectivity index (χ2v) is 9.36. The van der Waals surface area contributed by atoms with E-state index in [-0.39, 0.29) is 5.91 Å². The molecule has 1 saturated heterocycles. The molecule has 0 atom stereocenters. The summed E-state index contributed by atoms with van der Waals surface area (Å²) >= 11 is 1.60. The summed E-state index contributed by atoms with van der Waals surface area (Å²) in [6.07, 6.45) is 1.79. The molecule has 0 saturated carbocycles. The molecule has 0 unspecified atom stereocenters. The van der Waals surface area contributed by atoms with Crippen molar-refractivity contribution in [3.63, 3.8) is 0 Å². The number of anilines is 1. The van der Waals surface area contributed by atoms with E-state index in [0.29, 0.717) is 18.7 Å². The van der Waals surface area contributed by atoms with Gasteiger partial charge < -0.3 is 14.5 Å². The summed E-state index contributed by atoms with van der Waals surface area (Å²) in [6, 6.07) is 21.4. The van der Waals surface area contributed by atoms with Gasteiger partial charge in [0.2, 0.25) is 0 Å². The summed E-state index contributed by atoms with van der Waals surface area (Å²) in [5.74, 6) is 0.816. The van der Waals surface area contributed by atoms with E-state index < -0.39 is 0 Å². The van der Waals surface area contributed by atoms with E-state index in [2.05, 4.69) is 9.88 Å². The number of thiazole rings is 1. The first kappa shape index (κ1) is 21.5. The molecule has 0 bridgehead atoms. The summed E-state index contributed by atoms with van der Waals surface area (Å²) in [6.45, 7) is 2.74. The van der Waals surface area contributed by atoms with E-state index in [9.17, 15) is 4.79 Å². The van der Waals surface area contributed by atoms with Crippen molar-refractivity contribution in [1.29, 1.82) is 0 Å². The second kappa shape index (κ2) is 8.96. The first-order valence-corrected chi connectivity index (χ1v) is 12.3. The maximum Gasteiger partial charge on any atom is 0.254 e. The van der Waals surface area contributed by atoms with Crippen LogP contribution in [-0.4, -0.2) is 59.0 Å². The smallest absolute Gasteiger partial charge is 0.254 e. The standard InChI is InChI=1S/C27H23N5O2S/c1-34-19-10-8-18(9-11-19)24-17-21(20-5-2-3-6-22(20)29-24)26(33)31-13-15-32(16-14-31)27-30-23-7-4-12-28-25(23)35-27/h2-12,17H,13-16H2,1H3. The number of aromatic nitrogens is 3. The van der Waals surface area contributed by atoms with Gasteiger partial charge in [0, 0.05) is 43.3 Å². The number of nitrogens with zero attached hydrogens (tertiary/aromatic N) is 5. The summed E-state index contributed by atoms with van der Waals surface area (Å²) in [7, 11) is 1.65. The van der Waals surface area contributed by atoms with Crippen molar-refractivity contribution in [1.82, 2.24) is 19.9 Å². The average Bonchev–Trinajstić information content (AvgIpc) is 3.37. The Morgan fingerprint density at radius 3 is 2.46 bits per heavy atom. The van der Waals surface area contributed by atoms with Gasteiger partial charge in [-0.3, -0.25) is 4.79 Å². The van der Waals surface area contributed by atoms with Crippen molar-refractivity contribution in [2.45, 2.75) is 0 Å². The maximum absolute atomic E-state index is 13.7. The zero-order chi connectivity index (χ0) is 23.8. The van der Waals surface area contributed by atoms with Crippen LogP contribution in [0.5, 0.6) is 5.75 Å². The number of rotatable bonds is 4. The summed E-state index contributed by atoms with van der Waals surface area (Å²) in [4.78, 5) is 32.8. The van der Waals surface area contributed by atoms with Crippen LogP contribution >= 0.6 is 11.3 Å². The maximum atomic E-state index is 13.7. The Labute approximate surface area is 206 Å². The van der Waals surface area contributed by atoms with Crippen LogP contribution < -0.4 is 9.64 Å². The van der Waals surface area contributed by atoms with Gasteiger partial charge >= 0.3 is 0 Å². The molecule has 35 heavy (non-hydrogen) atoms. The van der Waals surface area contributed by atoms with Gasteiger partial charge in [-0.1, -0.05) is 29.5 Å². The predicted octanol–water partition coefficient (Wildman–Crippen LogP) is 4.88. The minimum Gasteiger partial charge on any atom is -0.497 e. The van der Waals surface area contributed by atoms with E-state index >= 15 is 0 Å². The number of benzene rings is 2. The van der Waals surface area contributed by atoms with Crippen molar-refractivity contribution in [3.05, 3.63) is 78.5 Å². The zero-order valence-corrected chi connectivity index (χ0v) is 20.0. The van der Waals surface area contributed by atoms with Crippen LogP contribution in [0.1, 0.15) is 10.4 Å². The van der Waals surface area contributed by atoms with Crippen molar-refractivity contribution < 1.29 is 9.53 Å². The van der Waals surface area contributed by atoms with Gasteiger partial charge in [-0.2, -0.15) is 0 Å². The van der Waals surface area contributed by atoms with Gasteiger partial charge in [-0.15, -0.1) is 0 Å². The van der Waals surface area contributed by atoms with E-state index in [1.807, 2.05) is 71.6 Å². The highest BCUT2D eigenvalue weighted by Crippen LogP contribution is 2.30. The van der Waals surface area contributed by atoms with E-state index in [1.165, 1.54) is 0 Å².